The quantitative estimate of drug-likeness (QED) is 0.820. The molecular formula is C18H25NO2. The normalized spacial score (nSPS) is 14.1. The van der Waals surface area contributed by atoms with Crippen molar-refractivity contribution >= 4 is 10.8 Å². The second-order valence-corrected chi connectivity index (χ2v) is 5.79. The first-order valence-electron chi connectivity index (χ1n) is 7.55. The molecule has 0 saturated heterocycles. The molecule has 0 aliphatic carbocycles. The van der Waals surface area contributed by atoms with Crippen molar-refractivity contribution in [2.45, 2.75) is 32.9 Å². The predicted molar refractivity (Wildman–Crippen MR) is 87.7 cm³/mol. The summed E-state index contributed by atoms with van der Waals surface area (Å²) in [6.07, 6.45) is 0.577. The van der Waals surface area contributed by atoms with Gasteiger partial charge in [-0.1, -0.05) is 37.3 Å². The fourth-order valence-corrected chi connectivity index (χ4v) is 2.80. The molecule has 0 aromatic heterocycles. The minimum atomic E-state index is -0.242. The molecule has 21 heavy (non-hydrogen) atoms. The van der Waals surface area contributed by atoms with Crippen molar-refractivity contribution < 1.29 is 9.84 Å². The second kappa shape index (κ2) is 7.43. The molecule has 0 bridgehead atoms. The first kappa shape index (κ1) is 15.8. The van der Waals surface area contributed by atoms with Crippen molar-refractivity contribution in [2.24, 2.45) is 5.92 Å². The van der Waals surface area contributed by atoms with Crippen molar-refractivity contribution in [1.29, 1.82) is 0 Å². The van der Waals surface area contributed by atoms with Gasteiger partial charge in [-0.15, -0.1) is 0 Å². The molecule has 2 atom stereocenters. The molecule has 0 radical (unpaired) electrons. The summed E-state index contributed by atoms with van der Waals surface area (Å²) in [6, 6.07) is 12.5. The number of hydrogen-bond acceptors (Lipinski definition) is 3. The van der Waals surface area contributed by atoms with Crippen LogP contribution in [0, 0.1) is 5.92 Å². The van der Waals surface area contributed by atoms with Gasteiger partial charge in [0.05, 0.1) is 13.2 Å². The van der Waals surface area contributed by atoms with Crippen molar-refractivity contribution in [2.75, 3.05) is 13.7 Å². The van der Waals surface area contributed by atoms with Gasteiger partial charge in [0.15, 0.2) is 0 Å². The van der Waals surface area contributed by atoms with Gasteiger partial charge in [0.25, 0.3) is 0 Å². The van der Waals surface area contributed by atoms with Gasteiger partial charge in [-0.2, -0.15) is 0 Å². The van der Waals surface area contributed by atoms with Gasteiger partial charge in [0, 0.05) is 12.1 Å². The minimum absolute atomic E-state index is 0.242. The fraction of sp³-hybridized carbons (Fsp3) is 0.444. The maximum Gasteiger partial charge on any atom is 0.123 e. The third-order valence-electron chi connectivity index (χ3n) is 3.76. The molecule has 114 valence electrons. The Labute approximate surface area is 126 Å². The molecule has 0 aliphatic heterocycles. The Balaban J connectivity index is 2.10. The Morgan fingerprint density at radius 1 is 1.14 bits per heavy atom. The summed E-state index contributed by atoms with van der Waals surface area (Å²) in [7, 11) is 1.71. The van der Waals surface area contributed by atoms with Gasteiger partial charge in [-0.05, 0) is 42.6 Å². The molecule has 0 fully saturated rings. The molecule has 0 spiro atoms. The summed E-state index contributed by atoms with van der Waals surface area (Å²) in [5, 5.41) is 15.4. The summed E-state index contributed by atoms with van der Waals surface area (Å²) in [5.74, 6) is 1.37. The molecule has 2 rings (SSSR count). The Morgan fingerprint density at radius 2 is 1.90 bits per heavy atom. The molecule has 0 aliphatic rings. The molecule has 0 heterocycles. The molecule has 3 heteroatoms. The van der Waals surface area contributed by atoms with E-state index in [1.807, 2.05) is 13.0 Å². The number of fused-ring (bicyclic) bond motifs is 1. The Kier molecular flexibility index (Phi) is 5.59. The summed E-state index contributed by atoms with van der Waals surface area (Å²) in [5.41, 5.74) is 1.19. The zero-order chi connectivity index (χ0) is 15.2. The van der Waals surface area contributed by atoms with Gasteiger partial charge in [-0.3, -0.25) is 0 Å². The summed E-state index contributed by atoms with van der Waals surface area (Å²) in [6.45, 7) is 5.65. The summed E-state index contributed by atoms with van der Waals surface area (Å²) >= 11 is 0. The third-order valence-corrected chi connectivity index (χ3v) is 3.76. The van der Waals surface area contributed by atoms with Crippen LogP contribution in [0.25, 0.3) is 10.8 Å². The van der Waals surface area contributed by atoms with Gasteiger partial charge in [-0.25, -0.2) is 0 Å². The highest BCUT2D eigenvalue weighted by atomic mass is 16.5. The Hall–Kier alpha value is -1.58. The molecule has 0 amide bonds. The largest absolute Gasteiger partial charge is 0.496 e. The van der Waals surface area contributed by atoms with Crippen LogP contribution in [0.1, 0.15) is 25.8 Å². The number of rotatable bonds is 7. The van der Waals surface area contributed by atoms with E-state index < -0.39 is 0 Å². The highest BCUT2D eigenvalue weighted by molar-refractivity contribution is 5.87. The van der Waals surface area contributed by atoms with Crippen LogP contribution in [0.5, 0.6) is 5.75 Å². The molecule has 2 aromatic carbocycles. The van der Waals surface area contributed by atoms with Crippen LogP contribution in [-0.4, -0.2) is 24.9 Å². The number of aliphatic hydroxyl groups excluding tert-OH is 1. The van der Waals surface area contributed by atoms with Gasteiger partial charge in [0.2, 0.25) is 0 Å². The fourth-order valence-electron chi connectivity index (χ4n) is 2.80. The summed E-state index contributed by atoms with van der Waals surface area (Å²) in [4.78, 5) is 0. The van der Waals surface area contributed by atoms with Crippen LogP contribution in [0.15, 0.2) is 36.4 Å². The van der Waals surface area contributed by atoms with E-state index in [4.69, 9.17) is 4.74 Å². The van der Waals surface area contributed by atoms with Crippen molar-refractivity contribution in [3.8, 4) is 5.75 Å². The third kappa shape index (κ3) is 4.19. The molecule has 2 aromatic rings. The molecule has 0 saturated carbocycles. The van der Waals surface area contributed by atoms with E-state index in [1.54, 1.807) is 7.11 Å². The average molecular weight is 287 g/mol. The summed E-state index contributed by atoms with van der Waals surface area (Å²) < 4.78 is 5.50. The zero-order valence-corrected chi connectivity index (χ0v) is 13.1. The maximum absolute atomic E-state index is 9.41. The number of benzene rings is 2. The number of ether oxygens (including phenoxy) is 1. The van der Waals surface area contributed by atoms with Crippen LogP contribution >= 0.6 is 0 Å². The second-order valence-electron chi connectivity index (χ2n) is 5.79. The first-order valence-corrected chi connectivity index (χ1v) is 7.55. The Morgan fingerprint density at radius 3 is 2.62 bits per heavy atom. The molecule has 2 N–H and O–H groups in total. The lowest BCUT2D eigenvalue weighted by Crippen LogP contribution is -2.23. The van der Waals surface area contributed by atoms with Crippen LogP contribution in [0.4, 0.5) is 0 Å². The minimum Gasteiger partial charge on any atom is -0.496 e. The number of methoxy groups -OCH3 is 1. The van der Waals surface area contributed by atoms with Crippen LogP contribution in [0.3, 0.4) is 0 Å². The van der Waals surface area contributed by atoms with E-state index in [2.05, 4.69) is 42.6 Å². The molecule has 3 nitrogen and oxygen atoms in total. The number of hydrogen-bond donors (Lipinski definition) is 2. The van der Waals surface area contributed by atoms with Gasteiger partial charge < -0.3 is 15.2 Å². The van der Waals surface area contributed by atoms with Crippen LogP contribution < -0.4 is 10.1 Å². The molecular weight excluding hydrogens is 262 g/mol. The van der Waals surface area contributed by atoms with Crippen LogP contribution in [-0.2, 0) is 6.54 Å². The lowest BCUT2D eigenvalue weighted by Gasteiger charge is -2.16. The van der Waals surface area contributed by atoms with Crippen LogP contribution in [0.2, 0.25) is 0 Å². The van der Waals surface area contributed by atoms with E-state index >= 15 is 0 Å². The Bertz CT molecular complexity index is 580. The van der Waals surface area contributed by atoms with E-state index in [0.717, 1.165) is 25.3 Å². The van der Waals surface area contributed by atoms with E-state index in [0.29, 0.717) is 5.92 Å². The number of aliphatic hydroxyl groups is 1. The highest BCUT2D eigenvalue weighted by Crippen LogP contribution is 2.27. The molecule has 2 unspecified atom stereocenters. The standard InChI is InChI=1S/C18H25NO2/c1-13(10-14(2)20)11-19-12-17-16-7-5-4-6-15(16)8-9-18(17)21-3/h4-9,13-14,19-20H,10-12H2,1-3H3. The highest BCUT2D eigenvalue weighted by Gasteiger charge is 2.10. The smallest absolute Gasteiger partial charge is 0.123 e. The maximum atomic E-state index is 9.41. The topological polar surface area (TPSA) is 41.5 Å². The first-order chi connectivity index (χ1) is 10.1. The van der Waals surface area contributed by atoms with E-state index in [1.165, 1.54) is 16.3 Å². The SMILES string of the molecule is COc1ccc2ccccc2c1CNCC(C)CC(C)O. The lowest BCUT2D eigenvalue weighted by molar-refractivity contribution is 0.163. The van der Waals surface area contributed by atoms with Gasteiger partial charge >= 0.3 is 0 Å². The van der Waals surface area contributed by atoms with Crippen molar-refractivity contribution in [1.82, 2.24) is 5.32 Å². The number of nitrogens with one attached hydrogen (secondary N) is 1. The average Bonchev–Trinajstić information content (AvgIpc) is 2.46. The zero-order valence-electron chi connectivity index (χ0n) is 13.1. The van der Waals surface area contributed by atoms with E-state index in [-0.39, 0.29) is 6.10 Å². The van der Waals surface area contributed by atoms with Crippen molar-refractivity contribution in [3.63, 3.8) is 0 Å². The monoisotopic (exact) mass is 287 g/mol. The van der Waals surface area contributed by atoms with E-state index in [9.17, 15) is 5.11 Å². The lowest BCUT2D eigenvalue weighted by atomic mass is 10.0. The predicted octanol–water partition coefficient (Wildman–Crippen LogP) is 3.35. The van der Waals surface area contributed by atoms with Gasteiger partial charge in [0.1, 0.15) is 5.75 Å². The van der Waals surface area contributed by atoms with Crippen molar-refractivity contribution in [3.05, 3.63) is 42.0 Å².